The number of nitrogens with one attached hydrogen (secondary N) is 1. The first-order chi connectivity index (χ1) is 6.21. The van der Waals surface area contributed by atoms with E-state index in [-0.39, 0.29) is 6.03 Å². The standard InChI is InChI=1S/C9H21N3O/c1-4-8(5-2)12(7-6-10)9(13)11-3/h8H,4-7,10H2,1-3H3,(H,11,13). The van der Waals surface area contributed by atoms with Crippen molar-refractivity contribution in [2.75, 3.05) is 20.1 Å². The van der Waals surface area contributed by atoms with Crippen molar-refractivity contribution in [2.45, 2.75) is 32.7 Å². The summed E-state index contributed by atoms with van der Waals surface area (Å²) in [5.74, 6) is 0. The maximum absolute atomic E-state index is 11.4. The minimum absolute atomic E-state index is 0.0286. The number of hydrogen-bond donors (Lipinski definition) is 2. The molecule has 0 aliphatic carbocycles. The summed E-state index contributed by atoms with van der Waals surface area (Å²) in [6.07, 6.45) is 1.95. The predicted octanol–water partition coefficient (Wildman–Crippen LogP) is 0.775. The van der Waals surface area contributed by atoms with Crippen LogP contribution >= 0.6 is 0 Å². The van der Waals surface area contributed by atoms with Crippen molar-refractivity contribution >= 4 is 6.03 Å². The van der Waals surface area contributed by atoms with E-state index in [4.69, 9.17) is 5.73 Å². The number of carbonyl (C=O) groups excluding carboxylic acids is 1. The van der Waals surface area contributed by atoms with Gasteiger partial charge in [-0.1, -0.05) is 13.8 Å². The van der Waals surface area contributed by atoms with Gasteiger partial charge in [0.15, 0.2) is 0 Å². The van der Waals surface area contributed by atoms with Gasteiger partial charge in [0.05, 0.1) is 0 Å². The zero-order valence-corrected chi connectivity index (χ0v) is 8.84. The van der Waals surface area contributed by atoms with Crippen molar-refractivity contribution in [3.05, 3.63) is 0 Å². The van der Waals surface area contributed by atoms with Gasteiger partial charge in [-0.25, -0.2) is 4.79 Å². The third-order valence-electron chi connectivity index (χ3n) is 2.23. The van der Waals surface area contributed by atoms with Crippen LogP contribution in [0, 0.1) is 0 Å². The first-order valence-electron chi connectivity index (χ1n) is 4.89. The van der Waals surface area contributed by atoms with Crippen molar-refractivity contribution in [2.24, 2.45) is 5.73 Å². The SMILES string of the molecule is CCC(CC)N(CCN)C(=O)NC. The van der Waals surface area contributed by atoms with Gasteiger partial charge in [-0.15, -0.1) is 0 Å². The molecule has 13 heavy (non-hydrogen) atoms. The van der Waals surface area contributed by atoms with E-state index in [1.807, 2.05) is 0 Å². The molecule has 78 valence electrons. The average molecular weight is 187 g/mol. The van der Waals surface area contributed by atoms with Gasteiger partial charge in [-0.3, -0.25) is 0 Å². The van der Waals surface area contributed by atoms with Gasteiger partial charge in [0.2, 0.25) is 0 Å². The smallest absolute Gasteiger partial charge is 0.317 e. The molecule has 0 bridgehead atoms. The first-order valence-corrected chi connectivity index (χ1v) is 4.89. The van der Waals surface area contributed by atoms with E-state index >= 15 is 0 Å². The second kappa shape index (κ2) is 6.71. The first kappa shape index (κ1) is 12.2. The van der Waals surface area contributed by atoms with Crippen LogP contribution in [-0.2, 0) is 0 Å². The van der Waals surface area contributed by atoms with E-state index in [2.05, 4.69) is 19.2 Å². The lowest BCUT2D eigenvalue weighted by Crippen LogP contribution is -2.46. The fraction of sp³-hybridized carbons (Fsp3) is 0.889. The molecule has 4 heteroatoms. The van der Waals surface area contributed by atoms with Gasteiger partial charge in [0.1, 0.15) is 0 Å². The van der Waals surface area contributed by atoms with E-state index in [9.17, 15) is 4.79 Å². The third-order valence-corrected chi connectivity index (χ3v) is 2.23. The highest BCUT2D eigenvalue weighted by Crippen LogP contribution is 2.07. The molecule has 0 aromatic rings. The fourth-order valence-corrected chi connectivity index (χ4v) is 1.46. The summed E-state index contributed by atoms with van der Waals surface area (Å²) in [5, 5.41) is 2.63. The molecule has 0 fully saturated rings. The molecule has 0 aromatic carbocycles. The molecule has 0 spiro atoms. The Bertz CT molecular complexity index is 146. The summed E-state index contributed by atoms with van der Waals surface area (Å²) in [5.41, 5.74) is 5.45. The van der Waals surface area contributed by atoms with E-state index in [0.717, 1.165) is 12.8 Å². The Morgan fingerprint density at radius 2 is 2.00 bits per heavy atom. The molecule has 4 nitrogen and oxygen atoms in total. The van der Waals surface area contributed by atoms with Gasteiger partial charge in [-0.2, -0.15) is 0 Å². The van der Waals surface area contributed by atoms with Crippen LogP contribution in [0.15, 0.2) is 0 Å². The molecular formula is C9H21N3O. The molecule has 3 N–H and O–H groups in total. The quantitative estimate of drug-likeness (QED) is 0.668. The fourth-order valence-electron chi connectivity index (χ4n) is 1.46. The number of hydrogen-bond acceptors (Lipinski definition) is 2. The minimum Gasteiger partial charge on any atom is -0.341 e. The maximum Gasteiger partial charge on any atom is 0.317 e. The monoisotopic (exact) mass is 187 g/mol. The van der Waals surface area contributed by atoms with Crippen LogP contribution in [0.5, 0.6) is 0 Å². The van der Waals surface area contributed by atoms with Crippen LogP contribution in [0.25, 0.3) is 0 Å². The molecule has 0 atom stereocenters. The van der Waals surface area contributed by atoms with Crippen LogP contribution in [0.2, 0.25) is 0 Å². The van der Waals surface area contributed by atoms with Gasteiger partial charge < -0.3 is 16.0 Å². The normalized spacial score (nSPS) is 10.2. The van der Waals surface area contributed by atoms with Crippen molar-refractivity contribution in [3.8, 4) is 0 Å². The van der Waals surface area contributed by atoms with E-state index < -0.39 is 0 Å². The van der Waals surface area contributed by atoms with E-state index in [0.29, 0.717) is 19.1 Å². The van der Waals surface area contributed by atoms with Crippen molar-refractivity contribution < 1.29 is 4.79 Å². The summed E-state index contributed by atoms with van der Waals surface area (Å²) in [6.45, 7) is 5.32. The lowest BCUT2D eigenvalue weighted by atomic mass is 10.1. The second-order valence-electron chi connectivity index (χ2n) is 3.01. The average Bonchev–Trinajstić information content (AvgIpc) is 2.17. The molecule has 0 heterocycles. The molecule has 0 radical (unpaired) electrons. The zero-order chi connectivity index (χ0) is 10.3. The van der Waals surface area contributed by atoms with Crippen molar-refractivity contribution in [1.82, 2.24) is 10.2 Å². The predicted molar refractivity (Wildman–Crippen MR) is 54.6 cm³/mol. The Morgan fingerprint density at radius 1 is 1.46 bits per heavy atom. The Balaban J connectivity index is 4.28. The van der Waals surface area contributed by atoms with Gasteiger partial charge in [0.25, 0.3) is 0 Å². The topological polar surface area (TPSA) is 58.4 Å². The molecular weight excluding hydrogens is 166 g/mol. The van der Waals surface area contributed by atoms with Crippen molar-refractivity contribution in [1.29, 1.82) is 0 Å². The van der Waals surface area contributed by atoms with Gasteiger partial charge in [-0.05, 0) is 12.8 Å². The largest absolute Gasteiger partial charge is 0.341 e. The summed E-state index contributed by atoms with van der Waals surface area (Å²) in [4.78, 5) is 13.2. The lowest BCUT2D eigenvalue weighted by molar-refractivity contribution is 0.174. The number of carbonyl (C=O) groups is 1. The Hall–Kier alpha value is -0.770. The highest BCUT2D eigenvalue weighted by Gasteiger charge is 2.18. The summed E-state index contributed by atoms with van der Waals surface area (Å²) < 4.78 is 0. The van der Waals surface area contributed by atoms with E-state index in [1.54, 1.807) is 11.9 Å². The van der Waals surface area contributed by atoms with E-state index in [1.165, 1.54) is 0 Å². The van der Waals surface area contributed by atoms with Crippen LogP contribution in [0.4, 0.5) is 4.79 Å². The zero-order valence-electron chi connectivity index (χ0n) is 8.84. The molecule has 0 aliphatic heterocycles. The molecule has 0 saturated carbocycles. The van der Waals surface area contributed by atoms with Crippen LogP contribution in [0.1, 0.15) is 26.7 Å². The second-order valence-corrected chi connectivity index (χ2v) is 3.01. The highest BCUT2D eigenvalue weighted by atomic mass is 16.2. The van der Waals surface area contributed by atoms with Gasteiger partial charge in [0, 0.05) is 26.2 Å². The minimum atomic E-state index is -0.0286. The van der Waals surface area contributed by atoms with Crippen LogP contribution < -0.4 is 11.1 Å². The molecule has 0 rings (SSSR count). The molecule has 0 saturated heterocycles. The molecule has 0 unspecified atom stereocenters. The summed E-state index contributed by atoms with van der Waals surface area (Å²) >= 11 is 0. The van der Waals surface area contributed by atoms with Crippen LogP contribution in [0.3, 0.4) is 0 Å². The molecule has 0 aromatic heterocycles. The number of nitrogens with two attached hydrogens (primary N) is 1. The molecule has 0 aliphatic rings. The Labute approximate surface area is 80.5 Å². The summed E-state index contributed by atoms with van der Waals surface area (Å²) in [6, 6.07) is 0.280. The number of nitrogens with zero attached hydrogens (tertiary/aromatic N) is 1. The van der Waals surface area contributed by atoms with Crippen LogP contribution in [-0.4, -0.2) is 37.1 Å². The number of amides is 2. The highest BCUT2D eigenvalue weighted by molar-refractivity contribution is 5.74. The van der Waals surface area contributed by atoms with Crippen molar-refractivity contribution in [3.63, 3.8) is 0 Å². The lowest BCUT2D eigenvalue weighted by Gasteiger charge is -2.29. The maximum atomic E-state index is 11.4. The summed E-state index contributed by atoms with van der Waals surface area (Å²) in [7, 11) is 1.65. The number of urea groups is 1. The third kappa shape index (κ3) is 3.63. The Kier molecular flexibility index (Phi) is 6.32. The Morgan fingerprint density at radius 3 is 2.31 bits per heavy atom. The number of rotatable bonds is 5. The van der Waals surface area contributed by atoms with Gasteiger partial charge >= 0.3 is 6.03 Å². The molecule has 2 amide bonds.